The SMILES string of the molecule is Cc1cc(OCC(=O)Nc2cc(Cl)ccc2F)ccc1[N+](=O)[O-]. The van der Waals surface area contributed by atoms with E-state index < -0.39 is 16.6 Å². The Hall–Kier alpha value is -2.67. The Morgan fingerprint density at radius 3 is 2.74 bits per heavy atom. The molecule has 0 aliphatic heterocycles. The zero-order valence-electron chi connectivity index (χ0n) is 12.0. The van der Waals surface area contributed by atoms with Crippen LogP contribution >= 0.6 is 11.6 Å². The first kappa shape index (κ1) is 16.7. The second-order valence-electron chi connectivity index (χ2n) is 4.67. The van der Waals surface area contributed by atoms with Crippen LogP contribution in [0.2, 0.25) is 5.02 Å². The third kappa shape index (κ3) is 4.40. The summed E-state index contributed by atoms with van der Waals surface area (Å²) < 4.78 is 18.7. The summed E-state index contributed by atoms with van der Waals surface area (Å²) in [5.74, 6) is -0.897. The number of hydrogen-bond donors (Lipinski definition) is 1. The van der Waals surface area contributed by atoms with E-state index in [-0.39, 0.29) is 23.0 Å². The van der Waals surface area contributed by atoms with Crippen LogP contribution in [0, 0.1) is 22.9 Å². The second-order valence-corrected chi connectivity index (χ2v) is 5.10. The Labute approximate surface area is 136 Å². The number of hydrogen-bond acceptors (Lipinski definition) is 4. The average Bonchev–Trinajstić information content (AvgIpc) is 2.48. The van der Waals surface area contributed by atoms with E-state index in [9.17, 15) is 19.3 Å². The van der Waals surface area contributed by atoms with Crippen molar-refractivity contribution in [3.05, 3.63) is 62.9 Å². The molecule has 0 aliphatic rings. The van der Waals surface area contributed by atoms with Gasteiger partial charge in [-0.1, -0.05) is 11.6 Å². The zero-order valence-corrected chi connectivity index (χ0v) is 12.8. The maximum absolute atomic E-state index is 13.5. The van der Waals surface area contributed by atoms with Crippen molar-refractivity contribution in [2.45, 2.75) is 6.92 Å². The van der Waals surface area contributed by atoms with Gasteiger partial charge in [-0.05, 0) is 37.3 Å². The van der Waals surface area contributed by atoms with E-state index in [4.69, 9.17) is 16.3 Å². The molecule has 2 rings (SSSR count). The van der Waals surface area contributed by atoms with Crippen LogP contribution in [0.3, 0.4) is 0 Å². The number of carbonyl (C=O) groups excluding carboxylic acids is 1. The lowest BCUT2D eigenvalue weighted by molar-refractivity contribution is -0.385. The van der Waals surface area contributed by atoms with E-state index >= 15 is 0 Å². The van der Waals surface area contributed by atoms with Crippen molar-refractivity contribution in [3.8, 4) is 5.75 Å². The number of nitro groups is 1. The highest BCUT2D eigenvalue weighted by atomic mass is 35.5. The lowest BCUT2D eigenvalue weighted by Gasteiger charge is -2.09. The number of nitrogens with zero attached hydrogens (tertiary/aromatic N) is 1. The van der Waals surface area contributed by atoms with Crippen LogP contribution in [0.4, 0.5) is 15.8 Å². The smallest absolute Gasteiger partial charge is 0.272 e. The first-order chi connectivity index (χ1) is 10.9. The first-order valence-electron chi connectivity index (χ1n) is 6.49. The normalized spacial score (nSPS) is 10.2. The number of halogens is 2. The molecular weight excluding hydrogens is 327 g/mol. The van der Waals surface area contributed by atoms with Gasteiger partial charge < -0.3 is 10.1 Å². The zero-order chi connectivity index (χ0) is 17.0. The van der Waals surface area contributed by atoms with Crippen LogP contribution in [0.5, 0.6) is 5.75 Å². The van der Waals surface area contributed by atoms with Crippen molar-refractivity contribution >= 4 is 28.9 Å². The standard InChI is InChI=1S/C15H12ClFN2O4/c1-9-6-11(3-5-14(9)19(21)22)23-8-15(20)18-13-7-10(16)2-4-12(13)17/h2-7H,8H2,1H3,(H,18,20). The van der Waals surface area contributed by atoms with E-state index in [2.05, 4.69) is 5.32 Å². The van der Waals surface area contributed by atoms with Gasteiger partial charge in [-0.15, -0.1) is 0 Å². The van der Waals surface area contributed by atoms with Gasteiger partial charge in [0.15, 0.2) is 6.61 Å². The molecule has 0 fully saturated rings. The van der Waals surface area contributed by atoms with Gasteiger partial charge >= 0.3 is 0 Å². The summed E-state index contributed by atoms with van der Waals surface area (Å²) in [4.78, 5) is 22.0. The number of nitrogens with one attached hydrogen (secondary N) is 1. The summed E-state index contributed by atoms with van der Waals surface area (Å²) in [6, 6.07) is 7.91. The molecule has 23 heavy (non-hydrogen) atoms. The second kappa shape index (κ2) is 7.06. The molecule has 6 nitrogen and oxygen atoms in total. The van der Waals surface area contributed by atoms with Gasteiger partial charge in [0, 0.05) is 16.7 Å². The topological polar surface area (TPSA) is 81.5 Å². The average molecular weight is 339 g/mol. The molecule has 0 spiro atoms. The quantitative estimate of drug-likeness (QED) is 0.665. The van der Waals surface area contributed by atoms with Crippen molar-refractivity contribution in [1.82, 2.24) is 0 Å². The fourth-order valence-corrected chi connectivity index (χ4v) is 2.02. The molecular formula is C15H12ClFN2O4. The van der Waals surface area contributed by atoms with Crippen molar-refractivity contribution in [2.75, 3.05) is 11.9 Å². The van der Waals surface area contributed by atoms with Crippen LogP contribution in [0.1, 0.15) is 5.56 Å². The molecule has 0 radical (unpaired) electrons. The lowest BCUT2D eigenvalue weighted by atomic mass is 10.2. The summed E-state index contributed by atoms with van der Waals surface area (Å²) in [7, 11) is 0. The van der Waals surface area contributed by atoms with E-state index in [0.717, 1.165) is 6.07 Å². The van der Waals surface area contributed by atoms with Crippen molar-refractivity contribution < 1.29 is 18.8 Å². The summed E-state index contributed by atoms with van der Waals surface area (Å²) in [5, 5.41) is 13.3. The Kier molecular flexibility index (Phi) is 5.13. The van der Waals surface area contributed by atoms with Crippen LogP contribution in [-0.4, -0.2) is 17.4 Å². The lowest BCUT2D eigenvalue weighted by Crippen LogP contribution is -2.20. The highest BCUT2D eigenvalue weighted by molar-refractivity contribution is 6.30. The van der Waals surface area contributed by atoms with Gasteiger partial charge in [-0.3, -0.25) is 14.9 Å². The summed E-state index contributed by atoms with van der Waals surface area (Å²) >= 11 is 5.73. The summed E-state index contributed by atoms with van der Waals surface area (Å²) in [6.07, 6.45) is 0. The molecule has 0 aromatic heterocycles. The fourth-order valence-electron chi connectivity index (χ4n) is 1.85. The molecule has 8 heteroatoms. The van der Waals surface area contributed by atoms with Crippen LogP contribution < -0.4 is 10.1 Å². The minimum atomic E-state index is -0.617. The molecule has 2 aromatic carbocycles. The third-order valence-electron chi connectivity index (χ3n) is 2.94. The highest BCUT2D eigenvalue weighted by Gasteiger charge is 2.12. The fraction of sp³-hybridized carbons (Fsp3) is 0.133. The molecule has 2 aromatic rings. The Morgan fingerprint density at radius 1 is 1.35 bits per heavy atom. The maximum Gasteiger partial charge on any atom is 0.272 e. The number of rotatable bonds is 5. The monoisotopic (exact) mass is 338 g/mol. The number of aryl methyl sites for hydroxylation is 1. The number of benzene rings is 2. The molecule has 0 heterocycles. The van der Waals surface area contributed by atoms with Crippen molar-refractivity contribution in [1.29, 1.82) is 0 Å². The predicted octanol–water partition coefficient (Wildman–Crippen LogP) is 3.71. The van der Waals surface area contributed by atoms with Crippen molar-refractivity contribution in [3.63, 3.8) is 0 Å². The van der Waals surface area contributed by atoms with Crippen LogP contribution in [-0.2, 0) is 4.79 Å². The van der Waals surface area contributed by atoms with Gasteiger partial charge in [0.05, 0.1) is 10.6 Å². The summed E-state index contributed by atoms with van der Waals surface area (Å²) in [5.41, 5.74) is 0.322. The highest BCUT2D eigenvalue weighted by Crippen LogP contribution is 2.23. The third-order valence-corrected chi connectivity index (χ3v) is 3.17. The number of nitro benzene ring substituents is 1. The predicted molar refractivity (Wildman–Crippen MR) is 83.4 cm³/mol. The molecule has 120 valence electrons. The first-order valence-corrected chi connectivity index (χ1v) is 6.87. The molecule has 0 atom stereocenters. The molecule has 0 saturated heterocycles. The Morgan fingerprint density at radius 2 is 2.09 bits per heavy atom. The van der Waals surface area contributed by atoms with Crippen molar-refractivity contribution in [2.24, 2.45) is 0 Å². The van der Waals surface area contributed by atoms with Gasteiger partial charge in [0.1, 0.15) is 11.6 Å². The maximum atomic E-state index is 13.5. The molecule has 1 amide bonds. The minimum absolute atomic E-state index is 0.0391. The van der Waals surface area contributed by atoms with E-state index in [0.29, 0.717) is 11.3 Å². The van der Waals surface area contributed by atoms with Crippen LogP contribution in [0.25, 0.3) is 0 Å². The van der Waals surface area contributed by atoms with Gasteiger partial charge in [0.25, 0.3) is 11.6 Å². The minimum Gasteiger partial charge on any atom is -0.484 e. The van der Waals surface area contributed by atoms with Gasteiger partial charge in [0.2, 0.25) is 0 Å². The number of amides is 1. The Bertz CT molecular complexity index is 767. The van der Waals surface area contributed by atoms with E-state index in [1.54, 1.807) is 6.92 Å². The molecule has 0 saturated carbocycles. The van der Waals surface area contributed by atoms with E-state index in [1.165, 1.54) is 30.3 Å². The molecule has 0 unspecified atom stereocenters. The number of carbonyl (C=O) groups is 1. The largest absolute Gasteiger partial charge is 0.484 e. The van der Waals surface area contributed by atoms with Gasteiger partial charge in [-0.2, -0.15) is 0 Å². The summed E-state index contributed by atoms with van der Waals surface area (Å²) in [6.45, 7) is 1.19. The van der Waals surface area contributed by atoms with E-state index in [1.807, 2.05) is 0 Å². The number of ether oxygens (including phenoxy) is 1. The molecule has 0 bridgehead atoms. The Balaban J connectivity index is 1.98. The van der Waals surface area contributed by atoms with Crippen LogP contribution in [0.15, 0.2) is 36.4 Å². The van der Waals surface area contributed by atoms with Gasteiger partial charge in [-0.25, -0.2) is 4.39 Å². The number of anilines is 1. The molecule has 1 N–H and O–H groups in total. The molecule has 0 aliphatic carbocycles.